The fourth-order valence-electron chi connectivity index (χ4n) is 1.60. The van der Waals surface area contributed by atoms with Gasteiger partial charge in [0, 0.05) is 25.1 Å². The van der Waals surface area contributed by atoms with Crippen LogP contribution in [0.3, 0.4) is 0 Å². The van der Waals surface area contributed by atoms with Crippen molar-refractivity contribution in [3.05, 3.63) is 0 Å². The molecule has 0 aromatic rings. The van der Waals surface area contributed by atoms with Gasteiger partial charge in [0.1, 0.15) is 0 Å². The first-order valence-corrected chi connectivity index (χ1v) is 4.95. The molecule has 1 saturated heterocycles. The van der Waals surface area contributed by atoms with Gasteiger partial charge in [0.25, 0.3) is 0 Å². The van der Waals surface area contributed by atoms with Gasteiger partial charge in [-0.3, -0.25) is 0 Å². The van der Waals surface area contributed by atoms with E-state index in [1.165, 1.54) is 0 Å². The van der Waals surface area contributed by atoms with Crippen LogP contribution < -0.4 is 5.32 Å². The lowest BCUT2D eigenvalue weighted by Gasteiger charge is -2.28. The van der Waals surface area contributed by atoms with Gasteiger partial charge in [-0.25, -0.2) is 0 Å². The highest BCUT2D eigenvalue weighted by atomic mass is 16.5. The van der Waals surface area contributed by atoms with Crippen molar-refractivity contribution in [2.45, 2.75) is 45.3 Å². The van der Waals surface area contributed by atoms with Crippen molar-refractivity contribution in [2.75, 3.05) is 13.2 Å². The van der Waals surface area contributed by atoms with Gasteiger partial charge in [-0.05, 0) is 27.2 Å². The summed E-state index contributed by atoms with van der Waals surface area (Å²) < 4.78 is 5.53. The predicted octanol–water partition coefficient (Wildman–Crippen LogP) is 1.56. The molecule has 74 valence electrons. The number of ether oxygens (including phenoxy) is 1. The highest BCUT2D eigenvalue weighted by molar-refractivity contribution is 4.98. The molecule has 0 radical (unpaired) electrons. The van der Waals surface area contributed by atoms with Gasteiger partial charge in [0.15, 0.2) is 0 Å². The van der Waals surface area contributed by atoms with Gasteiger partial charge in [-0.15, -0.1) is 11.8 Å². The lowest BCUT2D eigenvalue weighted by Crippen LogP contribution is -2.48. The first-order valence-electron chi connectivity index (χ1n) is 4.95. The number of hydrogen-bond acceptors (Lipinski definition) is 2. The summed E-state index contributed by atoms with van der Waals surface area (Å²) in [7, 11) is 0. The zero-order valence-electron chi connectivity index (χ0n) is 8.81. The van der Waals surface area contributed by atoms with Crippen LogP contribution in [0.1, 0.15) is 33.6 Å². The Hall–Kier alpha value is -0.520. The SMILES string of the molecule is CC#CCCNC1(C)CCOC1C. The Morgan fingerprint density at radius 2 is 2.38 bits per heavy atom. The first kappa shape index (κ1) is 10.6. The molecule has 1 fully saturated rings. The fraction of sp³-hybridized carbons (Fsp3) is 0.818. The maximum Gasteiger partial charge on any atom is 0.0726 e. The van der Waals surface area contributed by atoms with E-state index in [2.05, 4.69) is 31.0 Å². The number of nitrogens with one attached hydrogen (secondary N) is 1. The van der Waals surface area contributed by atoms with Crippen LogP contribution in [-0.2, 0) is 4.74 Å². The van der Waals surface area contributed by atoms with Crippen molar-refractivity contribution in [2.24, 2.45) is 0 Å². The minimum Gasteiger partial charge on any atom is -0.377 e. The average molecular weight is 181 g/mol. The van der Waals surface area contributed by atoms with E-state index in [1.807, 2.05) is 6.92 Å². The molecule has 13 heavy (non-hydrogen) atoms. The van der Waals surface area contributed by atoms with Crippen molar-refractivity contribution in [1.82, 2.24) is 5.32 Å². The minimum absolute atomic E-state index is 0.162. The van der Waals surface area contributed by atoms with Crippen molar-refractivity contribution in [3.8, 4) is 11.8 Å². The highest BCUT2D eigenvalue weighted by Gasteiger charge is 2.35. The maximum atomic E-state index is 5.53. The van der Waals surface area contributed by atoms with Crippen LogP contribution in [0.25, 0.3) is 0 Å². The summed E-state index contributed by atoms with van der Waals surface area (Å²) in [4.78, 5) is 0. The van der Waals surface area contributed by atoms with E-state index < -0.39 is 0 Å². The molecule has 0 aromatic carbocycles. The third-order valence-corrected chi connectivity index (χ3v) is 2.84. The molecule has 1 heterocycles. The topological polar surface area (TPSA) is 21.3 Å². The second kappa shape index (κ2) is 4.64. The summed E-state index contributed by atoms with van der Waals surface area (Å²) >= 11 is 0. The number of hydrogen-bond donors (Lipinski definition) is 1. The van der Waals surface area contributed by atoms with Crippen LogP contribution in [-0.4, -0.2) is 24.8 Å². The Kier molecular flexibility index (Phi) is 3.77. The molecule has 2 unspecified atom stereocenters. The Labute approximate surface area is 81.0 Å². The Balaban J connectivity index is 2.28. The lowest BCUT2D eigenvalue weighted by atomic mass is 9.95. The molecule has 0 saturated carbocycles. The zero-order chi connectivity index (χ0) is 9.73. The molecular formula is C11H19NO. The van der Waals surface area contributed by atoms with Gasteiger partial charge in [-0.2, -0.15) is 0 Å². The standard InChI is InChI=1S/C11H19NO/c1-4-5-6-8-12-11(3)7-9-13-10(11)2/h10,12H,6-9H2,1-3H3. The second-order valence-corrected chi connectivity index (χ2v) is 3.78. The van der Waals surface area contributed by atoms with E-state index in [0.29, 0.717) is 6.10 Å². The third kappa shape index (κ3) is 2.72. The van der Waals surface area contributed by atoms with Crippen LogP contribution in [0.4, 0.5) is 0 Å². The molecular weight excluding hydrogens is 162 g/mol. The highest BCUT2D eigenvalue weighted by Crippen LogP contribution is 2.24. The molecule has 2 atom stereocenters. The minimum atomic E-state index is 0.162. The molecule has 1 aliphatic heterocycles. The quantitative estimate of drug-likeness (QED) is 0.527. The van der Waals surface area contributed by atoms with Crippen LogP contribution in [0.15, 0.2) is 0 Å². The smallest absolute Gasteiger partial charge is 0.0726 e. The van der Waals surface area contributed by atoms with Gasteiger partial charge in [0.05, 0.1) is 6.10 Å². The Bertz CT molecular complexity index is 216. The summed E-state index contributed by atoms with van der Waals surface area (Å²) in [6, 6.07) is 0. The maximum absolute atomic E-state index is 5.53. The van der Waals surface area contributed by atoms with Gasteiger partial charge in [-0.1, -0.05) is 0 Å². The van der Waals surface area contributed by atoms with E-state index in [-0.39, 0.29) is 5.54 Å². The summed E-state index contributed by atoms with van der Waals surface area (Å²) in [6.07, 6.45) is 2.36. The van der Waals surface area contributed by atoms with E-state index >= 15 is 0 Å². The molecule has 1 aliphatic rings. The molecule has 0 aromatic heterocycles. The molecule has 0 aliphatic carbocycles. The average Bonchev–Trinajstić information content (AvgIpc) is 2.42. The molecule has 2 heteroatoms. The number of rotatable bonds is 3. The van der Waals surface area contributed by atoms with E-state index in [9.17, 15) is 0 Å². The normalized spacial score (nSPS) is 32.7. The molecule has 0 spiro atoms. The molecule has 0 bridgehead atoms. The van der Waals surface area contributed by atoms with Crippen LogP contribution in [0, 0.1) is 11.8 Å². The van der Waals surface area contributed by atoms with Crippen molar-refractivity contribution >= 4 is 0 Å². The fourth-order valence-corrected chi connectivity index (χ4v) is 1.60. The van der Waals surface area contributed by atoms with E-state index in [4.69, 9.17) is 4.74 Å². The summed E-state index contributed by atoms with van der Waals surface area (Å²) in [6.45, 7) is 8.08. The monoisotopic (exact) mass is 181 g/mol. The van der Waals surface area contributed by atoms with Crippen LogP contribution in [0.2, 0.25) is 0 Å². The third-order valence-electron chi connectivity index (χ3n) is 2.84. The summed E-state index contributed by atoms with van der Waals surface area (Å²) in [5.74, 6) is 5.95. The van der Waals surface area contributed by atoms with Crippen molar-refractivity contribution < 1.29 is 4.74 Å². The van der Waals surface area contributed by atoms with E-state index in [0.717, 1.165) is 26.0 Å². The predicted molar refractivity (Wildman–Crippen MR) is 54.5 cm³/mol. The Morgan fingerprint density at radius 1 is 1.62 bits per heavy atom. The second-order valence-electron chi connectivity index (χ2n) is 3.78. The molecule has 1 rings (SSSR count). The molecule has 2 nitrogen and oxygen atoms in total. The van der Waals surface area contributed by atoms with Gasteiger partial charge < -0.3 is 10.1 Å². The van der Waals surface area contributed by atoms with Crippen molar-refractivity contribution in [3.63, 3.8) is 0 Å². The summed E-state index contributed by atoms with van der Waals surface area (Å²) in [5.41, 5.74) is 0.162. The van der Waals surface area contributed by atoms with Gasteiger partial charge >= 0.3 is 0 Å². The first-order chi connectivity index (χ1) is 6.19. The van der Waals surface area contributed by atoms with Crippen LogP contribution >= 0.6 is 0 Å². The van der Waals surface area contributed by atoms with Crippen molar-refractivity contribution in [1.29, 1.82) is 0 Å². The van der Waals surface area contributed by atoms with E-state index in [1.54, 1.807) is 0 Å². The molecule has 1 N–H and O–H groups in total. The largest absolute Gasteiger partial charge is 0.377 e. The van der Waals surface area contributed by atoms with Gasteiger partial charge in [0.2, 0.25) is 0 Å². The zero-order valence-corrected chi connectivity index (χ0v) is 8.81. The summed E-state index contributed by atoms with van der Waals surface area (Å²) in [5, 5.41) is 3.52. The van der Waals surface area contributed by atoms with Crippen LogP contribution in [0.5, 0.6) is 0 Å². The lowest BCUT2D eigenvalue weighted by molar-refractivity contribution is 0.0891. The Morgan fingerprint density at radius 3 is 2.92 bits per heavy atom. The molecule has 0 amide bonds.